The Hall–Kier alpha value is -3.48. The molecule has 2 aromatic rings. The molecule has 24 heavy (non-hydrogen) atoms. The van der Waals surface area contributed by atoms with E-state index in [1.807, 2.05) is 0 Å². The van der Waals surface area contributed by atoms with Gasteiger partial charge in [-0.15, -0.1) is 0 Å². The Bertz CT molecular complexity index is 780. The van der Waals surface area contributed by atoms with Crippen LogP contribution in [0.15, 0.2) is 54.6 Å². The standard InChI is InChI=1S/C17H15N3O4/c1-12(21)18-14-5-7-15(8-6-14)19-17(22)11-4-13-2-9-16(10-3-13)20(23)24/h2-11H,1H3,(H,18,21)(H,19,22)/b11-4+. The summed E-state index contributed by atoms with van der Waals surface area (Å²) in [6.45, 7) is 1.42. The largest absolute Gasteiger partial charge is 0.326 e. The van der Waals surface area contributed by atoms with Gasteiger partial charge in [-0.1, -0.05) is 0 Å². The second-order valence-electron chi connectivity index (χ2n) is 4.93. The Labute approximate surface area is 138 Å². The summed E-state index contributed by atoms with van der Waals surface area (Å²) in [6, 6.07) is 12.6. The molecule has 0 atom stereocenters. The van der Waals surface area contributed by atoms with Crippen LogP contribution < -0.4 is 10.6 Å². The number of carbonyl (C=O) groups excluding carboxylic acids is 2. The van der Waals surface area contributed by atoms with Gasteiger partial charge in [0.15, 0.2) is 0 Å². The number of nitro groups is 1. The number of anilines is 2. The van der Waals surface area contributed by atoms with Crippen LogP contribution in [0.1, 0.15) is 12.5 Å². The number of amides is 2. The predicted molar refractivity (Wildman–Crippen MR) is 91.5 cm³/mol. The fourth-order valence-electron chi connectivity index (χ4n) is 1.90. The molecule has 2 aromatic carbocycles. The van der Waals surface area contributed by atoms with Crippen LogP contribution in [0.4, 0.5) is 17.1 Å². The molecule has 7 nitrogen and oxygen atoms in total. The highest BCUT2D eigenvalue weighted by molar-refractivity contribution is 6.02. The number of non-ortho nitro benzene ring substituents is 1. The first-order valence-corrected chi connectivity index (χ1v) is 7.05. The van der Waals surface area contributed by atoms with Crippen molar-refractivity contribution in [3.05, 3.63) is 70.3 Å². The molecular weight excluding hydrogens is 310 g/mol. The minimum Gasteiger partial charge on any atom is -0.326 e. The highest BCUT2D eigenvalue weighted by atomic mass is 16.6. The number of nitrogens with zero attached hydrogens (tertiary/aromatic N) is 1. The van der Waals surface area contributed by atoms with E-state index in [2.05, 4.69) is 10.6 Å². The van der Waals surface area contributed by atoms with Gasteiger partial charge in [-0.3, -0.25) is 19.7 Å². The van der Waals surface area contributed by atoms with Crippen molar-refractivity contribution < 1.29 is 14.5 Å². The van der Waals surface area contributed by atoms with Crippen LogP contribution in [0.2, 0.25) is 0 Å². The first-order valence-electron chi connectivity index (χ1n) is 7.05. The summed E-state index contributed by atoms with van der Waals surface area (Å²) >= 11 is 0. The molecule has 0 aliphatic carbocycles. The van der Waals surface area contributed by atoms with Crippen molar-refractivity contribution in [2.45, 2.75) is 6.92 Å². The maximum Gasteiger partial charge on any atom is 0.269 e. The minimum atomic E-state index is -0.481. The van der Waals surface area contributed by atoms with Gasteiger partial charge in [0.05, 0.1) is 4.92 Å². The van der Waals surface area contributed by atoms with E-state index in [0.29, 0.717) is 16.9 Å². The van der Waals surface area contributed by atoms with Crippen molar-refractivity contribution in [3.63, 3.8) is 0 Å². The van der Waals surface area contributed by atoms with E-state index in [4.69, 9.17) is 0 Å². The Kier molecular flexibility index (Phi) is 5.40. The SMILES string of the molecule is CC(=O)Nc1ccc(NC(=O)/C=C/c2ccc([N+](=O)[O-])cc2)cc1. The number of rotatable bonds is 5. The summed E-state index contributed by atoms with van der Waals surface area (Å²) in [5.41, 5.74) is 1.90. The molecule has 0 aliphatic heterocycles. The van der Waals surface area contributed by atoms with Crippen LogP contribution in [0, 0.1) is 10.1 Å². The van der Waals surface area contributed by atoms with E-state index >= 15 is 0 Å². The van der Waals surface area contributed by atoms with E-state index in [9.17, 15) is 19.7 Å². The molecule has 2 N–H and O–H groups in total. The molecule has 0 aliphatic rings. The van der Waals surface area contributed by atoms with Crippen molar-refractivity contribution >= 4 is 35.0 Å². The van der Waals surface area contributed by atoms with Gasteiger partial charge in [-0.2, -0.15) is 0 Å². The highest BCUT2D eigenvalue weighted by Gasteiger charge is 2.03. The molecule has 0 heterocycles. The Balaban J connectivity index is 1.94. The summed E-state index contributed by atoms with van der Waals surface area (Å²) in [4.78, 5) is 32.9. The number of carbonyl (C=O) groups is 2. The predicted octanol–water partition coefficient (Wildman–Crippen LogP) is 3.21. The van der Waals surface area contributed by atoms with Gasteiger partial charge >= 0.3 is 0 Å². The van der Waals surface area contributed by atoms with E-state index in [1.165, 1.54) is 25.1 Å². The van der Waals surface area contributed by atoms with Gasteiger partial charge in [0.25, 0.3) is 5.69 Å². The molecule has 0 saturated heterocycles. The normalized spacial score (nSPS) is 10.4. The number of benzene rings is 2. The molecule has 0 saturated carbocycles. The molecule has 2 rings (SSSR count). The van der Waals surface area contributed by atoms with Crippen LogP contribution in [-0.2, 0) is 9.59 Å². The molecule has 0 aromatic heterocycles. The zero-order valence-electron chi connectivity index (χ0n) is 12.9. The first-order chi connectivity index (χ1) is 11.4. The van der Waals surface area contributed by atoms with E-state index in [0.717, 1.165) is 0 Å². The van der Waals surface area contributed by atoms with E-state index in [-0.39, 0.29) is 17.5 Å². The average molecular weight is 325 g/mol. The van der Waals surface area contributed by atoms with Crippen LogP contribution in [-0.4, -0.2) is 16.7 Å². The van der Waals surface area contributed by atoms with Gasteiger partial charge in [0, 0.05) is 36.5 Å². The topological polar surface area (TPSA) is 101 Å². The van der Waals surface area contributed by atoms with E-state index < -0.39 is 4.92 Å². The van der Waals surface area contributed by atoms with Gasteiger partial charge in [0.2, 0.25) is 11.8 Å². The van der Waals surface area contributed by atoms with E-state index in [1.54, 1.807) is 42.5 Å². The fraction of sp³-hybridized carbons (Fsp3) is 0.0588. The molecule has 0 unspecified atom stereocenters. The fourth-order valence-corrected chi connectivity index (χ4v) is 1.90. The Morgan fingerprint density at radius 1 is 0.958 bits per heavy atom. The van der Waals surface area contributed by atoms with Crippen molar-refractivity contribution in [1.29, 1.82) is 0 Å². The van der Waals surface area contributed by atoms with Crippen LogP contribution in [0.3, 0.4) is 0 Å². The Morgan fingerprint density at radius 3 is 2.00 bits per heavy atom. The quantitative estimate of drug-likeness (QED) is 0.500. The first kappa shape index (κ1) is 16.9. The van der Waals surface area contributed by atoms with Gasteiger partial charge in [-0.05, 0) is 48.0 Å². The molecule has 0 fully saturated rings. The second-order valence-corrected chi connectivity index (χ2v) is 4.93. The zero-order valence-corrected chi connectivity index (χ0v) is 12.9. The summed E-state index contributed by atoms with van der Waals surface area (Å²) in [6.07, 6.45) is 2.90. The monoisotopic (exact) mass is 325 g/mol. The lowest BCUT2D eigenvalue weighted by molar-refractivity contribution is -0.384. The summed E-state index contributed by atoms with van der Waals surface area (Å²) in [5, 5.41) is 15.9. The number of hydrogen-bond donors (Lipinski definition) is 2. The number of hydrogen-bond acceptors (Lipinski definition) is 4. The number of nitrogens with one attached hydrogen (secondary N) is 2. The lowest BCUT2D eigenvalue weighted by Crippen LogP contribution is -2.08. The summed E-state index contributed by atoms with van der Waals surface area (Å²) in [7, 11) is 0. The van der Waals surface area contributed by atoms with Crippen molar-refractivity contribution in [2.75, 3.05) is 10.6 Å². The molecule has 7 heteroatoms. The maximum absolute atomic E-state index is 11.8. The third-order valence-corrected chi connectivity index (χ3v) is 3.00. The van der Waals surface area contributed by atoms with Crippen LogP contribution >= 0.6 is 0 Å². The molecule has 122 valence electrons. The van der Waals surface area contributed by atoms with Gasteiger partial charge in [0.1, 0.15) is 0 Å². The second kappa shape index (κ2) is 7.68. The maximum atomic E-state index is 11.8. The van der Waals surface area contributed by atoms with Crippen molar-refractivity contribution in [1.82, 2.24) is 0 Å². The third kappa shape index (κ3) is 5.06. The zero-order chi connectivity index (χ0) is 17.5. The van der Waals surface area contributed by atoms with Crippen molar-refractivity contribution in [2.24, 2.45) is 0 Å². The summed E-state index contributed by atoms with van der Waals surface area (Å²) in [5.74, 6) is -0.501. The van der Waals surface area contributed by atoms with Gasteiger partial charge in [-0.25, -0.2) is 0 Å². The lowest BCUT2D eigenvalue weighted by atomic mass is 10.2. The van der Waals surface area contributed by atoms with Crippen molar-refractivity contribution in [3.8, 4) is 0 Å². The molecule has 0 bridgehead atoms. The molecule has 2 amide bonds. The smallest absolute Gasteiger partial charge is 0.269 e. The molecule has 0 radical (unpaired) electrons. The Morgan fingerprint density at radius 2 is 1.50 bits per heavy atom. The number of nitro benzene ring substituents is 1. The third-order valence-electron chi connectivity index (χ3n) is 3.00. The average Bonchev–Trinajstić information content (AvgIpc) is 2.54. The molecule has 0 spiro atoms. The summed E-state index contributed by atoms with van der Waals surface area (Å²) < 4.78 is 0. The highest BCUT2D eigenvalue weighted by Crippen LogP contribution is 2.15. The lowest BCUT2D eigenvalue weighted by Gasteiger charge is -2.05. The van der Waals surface area contributed by atoms with Crippen LogP contribution in [0.5, 0.6) is 0 Å². The minimum absolute atomic E-state index is 0.00383. The van der Waals surface area contributed by atoms with Crippen LogP contribution in [0.25, 0.3) is 6.08 Å². The van der Waals surface area contributed by atoms with Gasteiger partial charge < -0.3 is 10.6 Å². The molecular formula is C17H15N3O4.